The van der Waals surface area contributed by atoms with Crippen LogP contribution < -0.4 is 14.8 Å². The van der Waals surface area contributed by atoms with E-state index in [9.17, 15) is 4.39 Å². The molecule has 0 bridgehead atoms. The maximum absolute atomic E-state index is 13.2. The molecule has 134 valence electrons. The van der Waals surface area contributed by atoms with Crippen LogP contribution in [0.2, 0.25) is 0 Å². The van der Waals surface area contributed by atoms with Crippen LogP contribution in [0.3, 0.4) is 0 Å². The Morgan fingerprint density at radius 1 is 1.04 bits per heavy atom. The third kappa shape index (κ3) is 4.06. The first-order valence-corrected chi connectivity index (χ1v) is 8.30. The lowest BCUT2D eigenvalue weighted by Crippen LogP contribution is -2.39. The van der Waals surface area contributed by atoms with Crippen LogP contribution in [0.5, 0.6) is 11.5 Å². The molecule has 6 heteroatoms. The van der Waals surface area contributed by atoms with Crippen molar-refractivity contribution >= 4 is 12.4 Å². The first kappa shape index (κ1) is 18.0. The molecule has 0 aliphatic carbocycles. The molecule has 4 nitrogen and oxygen atoms in total. The quantitative estimate of drug-likeness (QED) is 0.896. The predicted molar refractivity (Wildman–Crippen MR) is 94.8 cm³/mol. The predicted octanol–water partition coefficient (Wildman–Crippen LogP) is 3.71. The Morgan fingerprint density at radius 3 is 2.40 bits per heavy atom. The van der Waals surface area contributed by atoms with Gasteiger partial charge in [0, 0.05) is 12.5 Å². The van der Waals surface area contributed by atoms with Crippen molar-refractivity contribution < 1.29 is 18.6 Å². The van der Waals surface area contributed by atoms with E-state index in [2.05, 4.69) is 5.32 Å². The number of para-hydroxylation sites is 2. The normalized spacial score (nSPS) is 22.4. The zero-order valence-corrected chi connectivity index (χ0v) is 14.5. The molecule has 0 aromatic heterocycles. The van der Waals surface area contributed by atoms with E-state index in [0.29, 0.717) is 29.9 Å². The summed E-state index contributed by atoms with van der Waals surface area (Å²) in [7, 11) is 0. The van der Waals surface area contributed by atoms with E-state index >= 15 is 0 Å². The van der Waals surface area contributed by atoms with E-state index in [0.717, 1.165) is 25.1 Å². The molecule has 1 saturated heterocycles. The average molecular weight is 366 g/mol. The maximum Gasteiger partial charge on any atom is 0.361 e. The molecule has 0 radical (unpaired) electrons. The summed E-state index contributed by atoms with van der Waals surface area (Å²) < 4.78 is 30.3. The van der Waals surface area contributed by atoms with E-state index in [1.165, 1.54) is 12.1 Å². The summed E-state index contributed by atoms with van der Waals surface area (Å²) in [5, 5.41) is 3.40. The summed E-state index contributed by atoms with van der Waals surface area (Å²) in [6.07, 6.45) is 1.01. The fourth-order valence-electron chi connectivity index (χ4n) is 3.39. The van der Waals surface area contributed by atoms with Crippen LogP contribution >= 0.6 is 12.4 Å². The highest BCUT2D eigenvalue weighted by Crippen LogP contribution is 2.35. The Kier molecular flexibility index (Phi) is 5.78. The van der Waals surface area contributed by atoms with Gasteiger partial charge in [-0.15, -0.1) is 12.4 Å². The van der Waals surface area contributed by atoms with Gasteiger partial charge in [0.1, 0.15) is 5.82 Å². The Balaban J connectivity index is 0.00000182. The minimum Gasteiger partial charge on any atom is -0.428 e. The van der Waals surface area contributed by atoms with Gasteiger partial charge in [-0.3, -0.25) is 0 Å². The molecule has 1 N–H and O–H groups in total. The molecule has 0 unspecified atom stereocenters. The zero-order valence-electron chi connectivity index (χ0n) is 13.7. The number of hydrogen-bond donors (Lipinski definition) is 1. The molecular formula is C19H21ClFNO3. The van der Waals surface area contributed by atoms with E-state index in [4.69, 9.17) is 14.2 Å². The standard InChI is InChI=1S/C19H20FNO3.ClH/c20-15-7-5-13(6-8-15)16-9-10-21-11-14(16)12-22-19-23-17-3-1-2-4-18(17)24-19;/h1-8,14,16,19,21H,9-12H2;1H/t14-,16-;/m0./s1. The van der Waals surface area contributed by atoms with Crippen LogP contribution in [0.4, 0.5) is 4.39 Å². The Morgan fingerprint density at radius 2 is 1.72 bits per heavy atom. The van der Waals surface area contributed by atoms with E-state index in [1.54, 1.807) is 0 Å². The highest BCUT2D eigenvalue weighted by atomic mass is 35.5. The molecule has 2 heterocycles. The lowest BCUT2D eigenvalue weighted by Gasteiger charge is -2.32. The molecule has 0 saturated carbocycles. The van der Waals surface area contributed by atoms with Gasteiger partial charge in [-0.05, 0) is 48.7 Å². The first-order chi connectivity index (χ1) is 11.8. The van der Waals surface area contributed by atoms with Crippen molar-refractivity contribution in [2.75, 3.05) is 19.7 Å². The summed E-state index contributed by atoms with van der Waals surface area (Å²) >= 11 is 0. The van der Waals surface area contributed by atoms with Crippen molar-refractivity contribution in [2.45, 2.75) is 18.8 Å². The molecule has 0 amide bonds. The molecule has 2 aliphatic heterocycles. The molecular weight excluding hydrogens is 345 g/mol. The summed E-state index contributed by atoms with van der Waals surface area (Å²) in [6.45, 7) is 1.65. The van der Waals surface area contributed by atoms with Crippen molar-refractivity contribution in [3.05, 3.63) is 59.9 Å². The number of nitrogens with one attached hydrogen (secondary N) is 1. The second kappa shape index (κ2) is 8.04. The van der Waals surface area contributed by atoms with Crippen LogP contribution in [0.1, 0.15) is 17.9 Å². The van der Waals surface area contributed by atoms with Crippen molar-refractivity contribution in [3.63, 3.8) is 0 Å². The monoisotopic (exact) mass is 365 g/mol. The summed E-state index contributed by atoms with van der Waals surface area (Å²) in [5.41, 5.74) is 1.16. The number of ether oxygens (including phenoxy) is 3. The SMILES string of the molecule is Cl.Fc1ccc([C@@H]2CCNC[C@H]2COC2Oc3ccccc3O2)cc1. The minimum atomic E-state index is -0.696. The molecule has 0 spiro atoms. The third-order valence-corrected chi connectivity index (χ3v) is 4.65. The molecule has 2 aromatic rings. The molecule has 25 heavy (non-hydrogen) atoms. The fourth-order valence-corrected chi connectivity index (χ4v) is 3.39. The van der Waals surface area contributed by atoms with Gasteiger partial charge >= 0.3 is 6.48 Å². The second-order valence-corrected chi connectivity index (χ2v) is 6.22. The molecule has 2 atom stereocenters. The van der Waals surface area contributed by atoms with Gasteiger partial charge in [-0.25, -0.2) is 4.39 Å². The van der Waals surface area contributed by atoms with Gasteiger partial charge in [0.2, 0.25) is 0 Å². The number of benzene rings is 2. The Hall–Kier alpha value is -1.82. The molecule has 4 rings (SSSR count). The largest absolute Gasteiger partial charge is 0.428 e. The van der Waals surface area contributed by atoms with E-state index < -0.39 is 6.48 Å². The van der Waals surface area contributed by atoms with Crippen LogP contribution in [-0.4, -0.2) is 26.2 Å². The maximum atomic E-state index is 13.2. The van der Waals surface area contributed by atoms with E-state index in [1.807, 2.05) is 36.4 Å². The van der Waals surface area contributed by atoms with Crippen molar-refractivity contribution in [2.24, 2.45) is 5.92 Å². The van der Waals surface area contributed by atoms with Crippen molar-refractivity contribution in [3.8, 4) is 11.5 Å². The Labute approximate surface area is 152 Å². The Bertz CT molecular complexity index is 672. The topological polar surface area (TPSA) is 39.7 Å². The van der Waals surface area contributed by atoms with Crippen molar-refractivity contribution in [1.29, 1.82) is 0 Å². The number of rotatable bonds is 4. The minimum absolute atomic E-state index is 0. The zero-order chi connectivity index (χ0) is 16.4. The lowest BCUT2D eigenvalue weighted by atomic mass is 9.81. The van der Waals surface area contributed by atoms with Gasteiger partial charge < -0.3 is 19.5 Å². The van der Waals surface area contributed by atoms with Crippen LogP contribution in [0.25, 0.3) is 0 Å². The van der Waals surface area contributed by atoms with Gasteiger partial charge in [0.25, 0.3) is 0 Å². The smallest absolute Gasteiger partial charge is 0.361 e. The highest BCUT2D eigenvalue weighted by Gasteiger charge is 2.30. The average Bonchev–Trinajstić information content (AvgIpc) is 3.04. The summed E-state index contributed by atoms with van der Waals surface area (Å²) in [4.78, 5) is 0. The first-order valence-electron chi connectivity index (χ1n) is 8.30. The molecule has 2 aromatic carbocycles. The number of piperidine rings is 1. The molecule has 2 aliphatic rings. The number of fused-ring (bicyclic) bond motifs is 1. The highest BCUT2D eigenvalue weighted by molar-refractivity contribution is 5.85. The lowest BCUT2D eigenvalue weighted by molar-refractivity contribution is -0.185. The van der Waals surface area contributed by atoms with Crippen molar-refractivity contribution in [1.82, 2.24) is 5.32 Å². The van der Waals surface area contributed by atoms with Gasteiger partial charge in [-0.2, -0.15) is 0 Å². The number of halogens is 2. The fraction of sp³-hybridized carbons (Fsp3) is 0.368. The number of hydrogen-bond acceptors (Lipinski definition) is 4. The van der Waals surface area contributed by atoms with E-state index in [-0.39, 0.29) is 18.2 Å². The van der Waals surface area contributed by atoms with Gasteiger partial charge in [0.15, 0.2) is 11.5 Å². The summed E-state index contributed by atoms with van der Waals surface area (Å²) in [5.74, 6) is 1.85. The second-order valence-electron chi connectivity index (χ2n) is 6.22. The third-order valence-electron chi connectivity index (χ3n) is 4.65. The van der Waals surface area contributed by atoms with Crippen LogP contribution in [0.15, 0.2) is 48.5 Å². The molecule has 1 fully saturated rings. The van der Waals surface area contributed by atoms with Gasteiger partial charge in [0.05, 0.1) is 6.61 Å². The van der Waals surface area contributed by atoms with Crippen LogP contribution in [-0.2, 0) is 4.74 Å². The van der Waals surface area contributed by atoms with Gasteiger partial charge in [-0.1, -0.05) is 24.3 Å². The summed E-state index contributed by atoms with van der Waals surface area (Å²) in [6, 6.07) is 14.3. The van der Waals surface area contributed by atoms with Crippen LogP contribution in [0, 0.1) is 11.7 Å².